The van der Waals surface area contributed by atoms with Crippen molar-refractivity contribution in [2.75, 3.05) is 18.9 Å². The third-order valence-electron chi connectivity index (χ3n) is 7.20. The number of hydrogen-bond acceptors (Lipinski definition) is 19. The molecule has 0 saturated carbocycles. The number of carboxylic acid groups (broad SMARTS) is 1. The van der Waals surface area contributed by atoms with Crippen molar-refractivity contribution in [3.63, 3.8) is 0 Å². The molecule has 5 rings (SSSR count). The van der Waals surface area contributed by atoms with E-state index in [2.05, 4.69) is 54.3 Å². The number of aliphatic hydroxyl groups is 3. The highest BCUT2D eigenvalue weighted by molar-refractivity contribution is 9.10. The molecule has 2 aliphatic heterocycles. The molecule has 31 heteroatoms. The van der Waals surface area contributed by atoms with Gasteiger partial charge in [0.05, 0.1) is 13.2 Å². The Balaban J connectivity index is 1.24. The highest BCUT2D eigenvalue weighted by Gasteiger charge is 2.51. The van der Waals surface area contributed by atoms with Crippen LogP contribution in [0.2, 0.25) is 0 Å². The zero-order valence-corrected chi connectivity index (χ0v) is 29.6. The van der Waals surface area contributed by atoms with E-state index in [9.17, 15) is 58.5 Å². The van der Waals surface area contributed by atoms with Crippen LogP contribution in [0.5, 0.6) is 0 Å². The third kappa shape index (κ3) is 8.99. The average molecular weight is 864 g/mol. The van der Waals surface area contributed by atoms with E-state index in [1.807, 2.05) is 0 Å². The Kier molecular flexibility index (Phi) is 11.8. The zero-order chi connectivity index (χ0) is 38.3. The summed E-state index contributed by atoms with van der Waals surface area (Å²) in [7, 11) is -16.8. The van der Waals surface area contributed by atoms with Crippen molar-refractivity contribution in [2.45, 2.75) is 49.1 Å². The summed E-state index contributed by atoms with van der Waals surface area (Å²) in [6.07, 6.45) is -11.2. The van der Waals surface area contributed by atoms with Crippen LogP contribution in [0.15, 0.2) is 34.6 Å². The summed E-state index contributed by atoms with van der Waals surface area (Å²) in [5.74, 6) is -1.56. The van der Waals surface area contributed by atoms with Gasteiger partial charge < -0.3 is 59.7 Å². The Morgan fingerprint density at radius 2 is 1.77 bits per heavy atom. The first-order chi connectivity index (χ1) is 24.2. The molecule has 0 aromatic carbocycles. The number of imidazole rings is 1. The Labute approximate surface area is 296 Å². The minimum absolute atomic E-state index is 0.00408. The number of aromatic carboxylic acids is 1. The minimum atomic E-state index is -5.86. The standard InChI is InChI=1S/C21H25BrN9O18P3/c22-21-27-11-16(23)25-6-26-17(11)31(21)19-15(48-50(37,38)39)13(33)10(47-19)5-45-52(42,43)49-51(40,41)44-4-9-12(32)14(34)18(46-9)30-2-7(20(35)36)1-8(3-30)28-29-24/h1-3,6,9-10,12-15,18-19,32-34H,4-5H2,(H6-,23,25,26,35,36,37,38,39,40,41,42,43)/t9-,10+,12-,13+,14-,15+,18-,19+/m0/s1. The number of phosphoric ester groups is 3. The molecule has 0 radical (unpaired) electrons. The van der Waals surface area contributed by atoms with E-state index in [-0.39, 0.29) is 27.4 Å². The number of anilines is 1. The number of carboxylic acids is 1. The number of rotatable bonds is 14. The molecule has 0 aliphatic carbocycles. The second kappa shape index (κ2) is 15.3. The fraction of sp³-hybridized carbons (Fsp3) is 0.476. The van der Waals surface area contributed by atoms with Gasteiger partial charge in [-0.1, -0.05) is 5.11 Å². The minimum Gasteiger partial charge on any atom is -0.756 e. The van der Waals surface area contributed by atoms with Crippen LogP contribution in [-0.2, 0) is 41.1 Å². The van der Waals surface area contributed by atoms with Gasteiger partial charge in [-0.3, -0.25) is 18.2 Å². The molecule has 9 N–H and O–H groups in total. The average Bonchev–Trinajstić information content (AvgIpc) is 3.64. The van der Waals surface area contributed by atoms with Crippen molar-refractivity contribution in [3.05, 3.63) is 45.5 Å². The van der Waals surface area contributed by atoms with Crippen LogP contribution in [0.3, 0.4) is 0 Å². The van der Waals surface area contributed by atoms with E-state index in [1.165, 1.54) is 0 Å². The molecule has 0 amide bonds. The number of nitrogen functional groups attached to an aromatic ring is 1. The van der Waals surface area contributed by atoms with Crippen molar-refractivity contribution in [2.24, 2.45) is 5.11 Å². The Morgan fingerprint density at radius 3 is 2.42 bits per heavy atom. The molecule has 27 nitrogen and oxygen atoms in total. The van der Waals surface area contributed by atoms with Crippen LogP contribution < -0.4 is 15.2 Å². The Bertz CT molecular complexity index is 2030. The quantitative estimate of drug-likeness (QED) is 0.0235. The fourth-order valence-corrected chi connectivity index (χ4v) is 8.18. The molecule has 3 aromatic rings. The maximum Gasteiger partial charge on any atom is 0.478 e. The van der Waals surface area contributed by atoms with Crippen LogP contribution in [-0.4, -0.2) is 110 Å². The predicted molar refractivity (Wildman–Crippen MR) is 163 cm³/mol. The van der Waals surface area contributed by atoms with Crippen molar-refractivity contribution in [1.29, 1.82) is 0 Å². The molecule has 2 unspecified atom stereocenters. The number of nitrogens with zero attached hydrogens (tertiary/aromatic N) is 8. The molecule has 5 heterocycles. The molecule has 2 fully saturated rings. The number of ether oxygens (including phenoxy) is 2. The Hall–Kier alpha value is -3.07. The molecular formula is C21H25BrN9O18P3. The van der Waals surface area contributed by atoms with Crippen LogP contribution in [0, 0.1) is 0 Å². The fourth-order valence-electron chi connectivity index (χ4n) is 5.03. The molecule has 284 valence electrons. The van der Waals surface area contributed by atoms with E-state index in [0.717, 1.165) is 33.9 Å². The maximum atomic E-state index is 12.5. The SMILES string of the molecule is [N-]=[N+]=Nc1cc(C(=O)O)c[n+]([C@H]2O[C@@H](COP(=O)(O)OP(=O)([O-])OC[C@H]3O[C@@H](n4c(Br)nc5c(N)ncnc54)[C@H](OP(=O)(O)O)[C@@H]3O)[C@H](O)[C@@H]2O)c1. The van der Waals surface area contributed by atoms with E-state index in [0.29, 0.717) is 0 Å². The van der Waals surface area contributed by atoms with Gasteiger partial charge in [0.15, 0.2) is 46.4 Å². The van der Waals surface area contributed by atoms with Crippen molar-refractivity contribution >= 4 is 68.0 Å². The molecule has 0 bridgehead atoms. The Morgan fingerprint density at radius 1 is 1.10 bits per heavy atom. The van der Waals surface area contributed by atoms with Crippen LogP contribution in [0.4, 0.5) is 11.5 Å². The van der Waals surface area contributed by atoms with E-state index in [4.69, 9.17) is 25.3 Å². The number of fused-ring (bicyclic) bond motifs is 1. The first-order valence-corrected chi connectivity index (χ1v) is 19.2. The van der Waals surface area contributed by atoms with Gasteiger partial charge in [0.25, 0.3) is 14.1 Å². The van der Waals surface area contributed by atoms with Gasteiger partial charge in [0.1, 0.15) is 48.1 Å². The van der Waals surface area contributed by atoms with E-state index >= 15 is 0 Å². The summed E-state index contributed by atoms with van der Waals surface area (Å²) in [6, 6.07) is 0.998. The molecule has 0 spiro atoms. The monoisotopic (exact) mass is 863 g/mol. The third-order valence-corrected chi connectivity index (χ3v) is 10.8. The number of pyridine rings is 1. The number of aliphatic hydroxyl groups excluding tert-OH is 3. The lowest BCUT2D eigenvalue weighted by atomic mass is 10.1. The smallest absolute Gasteiger partial charge is 0.478 e. The highest BCUT2D eigenvalue weighted by atomic mass is 79.9. The van der Waals surface area contributed by atoms with E-state index < -0.39 is 97.3 Å². The lowest BCUT2D eigenvalue weighted by Crippen LogP contribution is -2.46. The molecule has 2 saturated heterocycles. The summed E-state index contributed by atoms with van der Waals surface area (Å²) in [5, 5.41) is 44.4. The highest BCUT2D eigenvalue weighted by Crippen LogP contribution is 2.58. The summed E-state index contributed by atoms with van der Waals surface area (Å²) in [4.78, 5) is 67.4. The van der Waals surface area contributed by atoms with Gasteiger partial charge in [-0.2, -0.15) is 4.57 Å². The molecular weight excluding hydrogens is 839 g/mol. The lowest BCUT2D eigenvalue weighted by Gasteiger charge is -2.26. The largest absolute Gasteiger partial charge is 0.756 e. The number of aromatic nitrogens is 5. The molecule has 3 aromatic heterocycles. The summed E-state index contributed by atoms with van der Waals surface area (Å²) < 4.78 is 67.8. The number of nitrogens with two attached hydrogens (primary N) is 1. The number of azide groups is 1. The number of halogens is 1. The van der Waals surface area contributed by atoms with Gasteiger partial charge in [0.2, 0.25) is 0 Å². The predicted octanol–water partition coefficient (Wildman–Crippen LogP) is -1.23. The summed E-state index contributed by atoms with van der Waals surface area (Å²) in [5.41, 5.74) is 13.8. The second-order valence-electron chi connectivity index (χ2n) is 10.7. The van der Waals surface area contributed by atoms with Gasteiger partial charge in [-0.25, -0.2) is 33.2 Å². The lowest BCUT2D eigenvalue weighted by molar-refractivity contribution is -0.765. The topological polar surface area (TPSA) is 411 Å². The normalized spacial score (nSPS) is 28.7. The van der Waals surface area contributed by atoms with Gasteiger partial charge in [-0.15, -0.1) is 0 Å². The van der Waals surface area contributed by atoms with Gasteiger partial charge in [-0.05, 0) is 27.5 Å². The van der Waals surface area contributed by atoms with Crippen molar-refractivity contribution in [3.8, 4) is 0 Å². The van der Waals surface area contributed by atoms with Crippen LogP contribution >= 0.6 is 39.4 Å². The first kappa shape index (κ1) is 40.1. The van der Waals surface area contributed by atoms with E-state index in [1.54, 1.807) is 0 Å². The number of hydrogen-bond donors (Lipinski definition) is 8. The van der Waals surface area contributed by atoms with Crippen molar-refractivity contribution < 1.29 is 90.4 Å². The summed E-state index contributed by atoms with van der Waals surface area (Å²) in [6.45, 7) is -2.29. The molecule has 52 heavy (non-hydrogen) atoms. The summed E-state index contributed by atoms with van der Waals surface area (Å²) >= 11 is 3.10. The first-order valence-electron chi connectivity index (χ1n) is 13.9. The number of phosphoric acid groups is 3. The van der Waals surface area contributed by atoms with Crippen LogP contribution in [0.25, 0.3) is 21.6 Å². The van der Waals surface area contributed by atoms with Gasteiger partial charge >= 0.3 is 21.6 Å². The van der Waals surface area contributed by atoms with Crippen LogP contribution in [0.1, 0.15) is 22.8 Å². The number of carbonyl (C=O) groups is 1. The van der Waals surface area contributed by atoms with Gasteiger partial charge in [0, 0.05) is 4.91 Å². The zero-order valence-electron chi connectivity index (χ0n) is 25.3. The van der Waals surface area contributed by atoms with Crippen molar-refractivity contribution in [1.82, 2.24) is 19.5 Å². The molecule has 2 aliphatic rings. The molecule has 10 atom stereocenters. The second-order valence-corrected chi connectivity index (χ2v) is 15.6. The maximum absolute atomic E-state index is 12.5.